The summed E-state index contributed by atoms with van der Waals surface area (Å²) in [4.78, 5) is 12.3. The molecule has 0 saturated heterocycles. The molecule has 0 aliphatic heterocycles. The summed E-state index contributed by atoms with van der Waals surface area (Å²) in [6, 6.07) is 11.1. The first-order valence-corrected chi connectivity index (χ1v) is 11.2. The van der Waals surface area contributed by atoms with Crippen molar-refractivity contribution in [3.8, 4) is 11.5 Å². The van der Waals surface area contributed by atoms with E-state index in [-0.39, 0.29) is 18.3 Å². The zero-order valence-corrected chi connectivity index (χ0v) is 19.5. The monoisotopic (exact) mass is 460 g/mol. The molecule has 1 heterocycles. The fourth-order valence-corrected chi connectivity index (χ4v) is 3.78. The van der Waals surface area contributed by atoms with Crippen LogP contribution in [0.1, 0.15) is 23.9 Å². The minimum Gasteiger partial charge on any atom is -0.490 e. The average molecular weight is 461 g/mol. The van der Waals surface area contributed by atoms with Crippen LogP contribution in [-0.4, -0.2) is 33.0 Å². The van der Waals surface area contributed by atoms with E-state index in [2.05, 4.69) is 15.5 Å². The first-order chi connectivity index (χ1) is 14.9. The predicted molar refractivity (Wildman–Crippen MR) is 123 cm³/mol. The van der Waals surface area contributed by atoms with Crippen LogP contribution in [-0.2, 0) is 18.4 Å². The van der Waals surface area contributed by atoms with Gasteiger partial charge in [0, 0.05) is 17.8 Å². The van der Waals surface area contributed by atoms with Gasteiger partial charge in [-0.1, -0.05) is 29.4 Å². The molecule has 0 aliphatic rings. The first kappa shape index (κ1) is 23.0. The van der Waals surface area contributed by atoms with Crippen molar-refractivity contribution in [3.05, 3.63) is 58.4 Å². The molecule has 2 aromatic carbocycles. The number of aryl methyl sites for hydroxylation is 2. The Labute approximate surface area is 191 Å². The summed E-state index contributed by atoms with van der Waals surface area (Å²) in [6.07, 6.45) is 0. The lowest BCUT2D eigenvalue weighted by molar-refractivity contribution is -0.113. The molecule has 0 bridgehead atoms. The van der Waals surface area contributed by atoms with Crippen molar-refractivity contribution in [2.45, 2.75) is 32.5 Å². The molecule has 1 aromatic heterocycles. The lowest BCUT2D eigenvalue weighted by Crippen LogP contribution is -2.15. The summed E-state index contributed by atoms with van der Waals surface area (Å²) >= 11 is 7.27. The van der Waals surface area contributed by atoms with Gasteiger partial charge < -0.3 is 19.4 Å². The molecule has 3 aromatic rings. The van der Waals surface area contributed by atoms with Crippen LogP contribution in [0.5, 0.6) is 11.5 Å². The molecule has 0 saturated carbocycles. The second-order valence-corrected chi connectivity index (χ2v) is 8.30. The molecule has 0 spiro atoms. The minimum atomic E-state index is -0.128. The van der Waals surface area contributed by atoms with E-state index in [1.54, 1.807) is 12.1 Å². The average Bonchev–Trinajstić information content (AvgIpc) is 3.08. The Balaban J connectivity index is 1.57. The van der Waals surface area contributed by atoms with Gasteiger partial charge in [0.25, 0.3) is 0 Å². The zero-order valence-electron chi connectivity index (χ0n) is 17.9. The fourth-order valence-electron chi connectivity index (χ4n) is 2.83. The number of hydrogen-bond acceptors (Lipinski definition) is 6. The summed E-state index contributed by atoms with van der Waals surface area (Å²) in [6.45, 7) is 6.63. The van der Waals surface area contributed by atoms with Crippen LogP contribution in [0, 0.1) is 13.8 Å². The summed E-state index contributed by atoms with van der Waals surface area (Å²) in [5.74, 6) is 2.09. The molecule has 0 fully saturated rings. The number of benzene rings is 2. The van der Waals surface area contributed by atoms with Crippen molar-refractivity contribution >= 4 is 35.0 Å². The molecule has 0 atom stereocenters. The van der Waals surface area contributed by atoms with Gasteiger partial charge in [0.1, 0.15) is 6.61 Å². The van der Waals surface area contributed by atoms with Gasteiger partial charge in [0.15, 0.2) is 22.5 Å². The van der Waals surface area contributed by atoms with Crippen molar-refractivity contribution in [2.24, 2.45) is 7.05 Å². The van der Waals surface area contributed by atoms with E-state index < -0.39 is 0 Å². The lowest BCUT2D eigenvalue weighted by atomic mass is 10.2. The van der Waals surface area contributed by atoms with Crippen LogP contribution in [0.2, 0.25) is 5.02 Å². The third-order valence-electron chi connectivity index (χ3n) is 4.48. The molecule has 7 nitrogen and oxygen atoms in total. The molecular weight excluding hydrogens is 436 g/mol. The van der Waals surface area contributed by atoms with Crippen molar-refractivity contribution in [1.29, 1.82) is 0 Å². The van der Waals surface area contributed by atoms with Gasteiger partial charge in [0.05, 0.1) is 12.4 Å². The number of hydrogen-bond donors (Lipinski definition) is 1. The lowest BCUT2D eigenvalue weighted by Gasteiger charge is -2.12. The summed E-state index contributed by atoms with van der Waals surface area (Å²) < 4.78 is 13.4. The van der Waals surface area contributed by atoms with Gasteiger partial charge in [-0.05, 0) is 62.2 Å². The number of halogens is 1. The van der Waals surface area contributed by atoms with E-state index in [1.165, 1.54) is 11.8 Å². The number of nitrogens with one attached hydrogen (secondary N) is 1. The van der Waals surface area contributed by atoms with E-state index in [9.17, 15) is 4.79 Å². The fraction of sp³-hybridized carbons (Fsp3) is 0.318. The number of ether oxygens (including phenoxy) is 2. The molecule has 0 radical (unpaired) electrons. The van der Waals surface area contributed by atoms with Gasteiger partial charge >= 0.3 is 0 Å². The van der Waals surface area contributed by atoms with E-state index in [4.69, 9.17) is 21.1 Å². The highest BCUT2D eigenvalue weighted by atomic mass is 35.5. The maximum absolute atomic E-state index is 12.3. The van der Waals surface area contributed by atoms with Crippen LogP contribution < -0.4 is 14.8 Å². The first-order valence-electron chi connectivity index (χ1n) is 9.80. The van der Waals surface area contributed by atoms with Crippen molar-refractivity contribution < 1.29 is 14.3 Å². The Morgan fingerprint density at radius 3 is 2.68 bits per heavy atom. The number of anilines is 1. The van der Waals surface area contributed by atoms with Gasteiger partial charge in [-0.25, -0.2) is 0 Å². The van der Waals surface area contributed by atoms with Crippen LogP contribution >= 0.6 is 23.4 Å². The summed E-state index contributed by atoms with van der Waals surface area (Å²) in [5, 5.41) is 12.5. The highest BCUT2D eigenvalue weighted by molar-refractivity contribution is 7.99. The SMILES string of the molecule is CCOc1cc(C)ccc1OCc1nnc(SCC(=O)Nc2ccc(Cl)cc2C)n1C. The number of thioether (sulfide) groups is 1. The third kappa shape index (κ3) is 6.15. The second kappa shape index (κ2) is 10.5. The van der Waals surface area contributed by atoms with E-state index in [1.807, 2.05) is 56.7 Å². The highest BCUT2D eigenvalue weighted by Crippen LogP contribution is 2.29. The van der Waals surface area contributed by atoms with Crippen LogP contribution in [0.3, 0.4) is 0 Å². The topological polar surface area (TPSA) is 78.3 Å². The second-order valence-electron chi connectivity index (χ2n) is 6.93. The molecule has 3 rings (SSSR count). The summed E-state index contributed by atoms with van der Waals surface area (Å²) in [7, 11) is 1.85. The number of amides is 1. The number of nitrogens with zero attached hydrogens (tertiary/aromatic N) is 3. The zero-order chi connectivity index (χ0) is 22.4. The molecule has 9 heteroatoms. The van der Waals surface area contributed by atoms with Crippen molar-refractivity contribution in [2.75, 3.05) is 17.7 Å². The Kier molecular flexibility index (Phi) is 7.81. The van der Waals surface area contributed by atoms with Gasteiger partial charge in [-0.15, -0.1) is 10.2 Å². The minimum absolute atomic E-state index is 0.128. The molecule has 0 unspecified atom stereocenters. The third-order valence-corrected chi connectivity index (χ3v) is 5.73. The van der Waals surface area contributed by atoms with E-state index in [0.29, 0.717) is 34.1 Å². The highest BCUT2D eigenvalue weighted by Gasteiger charge is 2.14. The molecule has 1 amide bonds. The largest absolute Gasteiger partial charge is 0.490 e. The van der Waals surface area contributed by atoms with Gasteiger partial charge in [0.2, 0.25) is 5.91 Å². The summed E-state index contributed by atoms with van der Waals surface area (Å²) in [5.41, 5.74) is 2.75. The van der Waals surface area contributed by atoms with Gasteiger partial charge in [-0.3, -0.25) is 4.79 Å². The van der Waals surface area contributed by atoms with Gasteiger partial charge in [-0.2, -0.15) is 0 Å². The number of carbonyl (C=O) groups is 1. The predicted octanol–water partition coefficient (Wildman–Crippen LogP) is 4.79. The Morgan fingerprint density at radius 1 is 1.13 bits per heavy atom. The van der Waals surface area contributed by atoms with Crippen LogP contribution in [0.4, 0.5) is 5.69 Å². The Hall–Kier alpha value is -2.71. The standard InChI is InChI=1S/C22H25ClN4O3S/c1-5-29-19-10-14(2)6-9-18(19)30-12-20-25-26-22(27(20)4)31-13-21(28)24-17-8-7-16(23)11-15(17)3/h6-11H,5,12-13H2,1-4H3,(H,24,28). The smallest absolute Gasteiger partial charge is 0.234 e. The Bertz CT molecular complexity index is 1070. The normalized spacial score (nSPS) is 10.7. The van der Waals surface area contributed by atoms with Crippen LogP contribution in [0.25, 0.3) is 0 Å². The molecule has 0 aliphatic carbocycles. The molecule has 31 heavy (non-hydrogen) atoms. The molecule has 1 N–H and O–H groups in total. The number of aromatic nitrogens is 3. The maximum Gasteiger partial charge on any atom is 0.234 e. The maximum atomic E-state index is 12.3. The van der Waals surface area contributed by atoms with E-state index >= 15 is 0 Å². The van der Waals surface area contributed by atoms with Crippen molar-refractivity contribution in [1.82, 2.24) is 14.8 Å². The number of carbonyl (C=O) groups excluding carboxylic acids is 1. The quantitative estimate of drug-likeness (QED) is 0.462. The van der Waals surface area contributed by atoms with Crippen LogP contribution in [0.15, 0.2) is 41.6 Å². The molecule has 164 valence electrons. The van der Waals surface area contributed by atoms with E-state index in [0.717, 1.165) is 16.8 Å². The Morgan fingerprint density at radius 2 is 1.94 bits per heavy atom. The number of rotatable bonds is 9. The molecular formula is C22H25ClN4O3S. The van der Waals surface area contributed by atoms with Crippen molar-refractivity contribution in [3.63, 3.8) is 0 Å².